The van der Waals surface area contributed by atoms with E-state index < -0.39 is 11.7 Å². The van der Waals surface area contributed by atoms with Crippen LogP contribution in [0, 0.1) is 6.92 Å². The summed E-state index contributed by atoms with van der Waals surface area (Å²) in [4.78, 5) is 16.7. The zero-order chi connectivity index (χ0) is 21.7. The Kier molecular flexibility index (Phi) is 14.5. The van der Waals surface area contributed by atoms with Crippen LogP contribution in [-0.2, 0) is 11.2 Å². The highest BCUT2D eigenvalue weighted by Crippen LogP contribution is 2.07. The van der Waals surface area contributed by atoms with E-state index in [1.165, 1.54) is 5.56 Å². The molecule has 0 spiro atoms. The number of unbranched alkanes of at least 4 members (excludes halogenated alkanes) is 1. The van der Waals surface area contributed by atoms with Crippen LogP contribution in [0.15, 0.2) is 11.2 Å². The van der Waals surface area contributed by atoms with Crippen LogP contribution < -0.4 is 16.0 Å². The maximum Gasteiger partial charge on any atom is 0.407 e. The molecular weight excluding hydrogens is 495 g/mol. The topological polar surface area (TPSA) is 103 Å². The Hall–Kier alpha value is -1.52. The Morgan fingerprint density at radius 2 is 2.00 bits per heavy atom. The summed E-state index contributed by atoms with van der Waals surface area (Å²) < 4.78 is 5.34. The van der Waals surface area contributed by atoms with Gasteiger partial charge in [-0.2, -0.15) is 5.10 Å². The summed E-state index contributed by atoms with van der Waals surface area (Å²) in [6.45, 7) is 13.8. The van der Waals surface area contributed by atoms with E-state index in [2.05, 4.69) is 33.1 Å². The van der Waals surface area contributed by atoms with Gasteiger partial charge in [-0.1, -0.05) is 19.8 Å². The second kappa shape index (κ2) is 15.3. The number of hydrogen-bond donors (Lipinski definition) is 4. The summed E-state index contributed by atoms with van der Waals surface area (Å²) in [7, 11) is 0. The molecule has 0 saturated carbocycles. The Balaban J connectivity index is 0.00000841. The summed E-state index contributed by atoms with van der Waals surface area (Å²) in [5, 5.41) is 16.7. The fourth-order valence-corrected chi connectivity index (χ4v) is 2.80. The maximum atomic E-state index is 12.0. The molecule has 1 rings (SSSR count). The highest BCUT2D eigenvalue weighted by molar-refractivity contribution is 14.0. The summed E-state index contributed by atoms with van der Waals surface area (Å²) in [5.41, 5.74) is 1.85. The van der Waals surface area contributed by atoms with Crippen molar-refractivity contribution in [3.8, 4) is 0 Å². The standard InChI is InChI=1S/C21H40N6O2.HI/c1-7-9-12-18(15-24-20(28)29-21(4,5)6)26-19(22-8-2)23-13-10-11-17-14-25-27-16(17)3;/h14,18H,7-13,15H2,1-6H3,(H,24,28)(H,25,27)(H2,22,23,26);1H. The number of hydrogen-bond acceptors (Lipinski definition) is 4. The number of H-pyrrole nitrogens is 1. The zero-order valence-electron chi connectivity index (χ0n) is 19.4. The van der Waals surface area contributed by atoms with Gasteiger partial charge in [0.2, 0.25) is 0 Å². The van der Waals surface area contributed by atoms with Gasteiger partial charge in [-0.3, -0.25) is 10.1 Å². The molecule has 1 amide bonds. The van der Waals surface area contributed by atoms with E-state index in [1.54, 1.807) is 0 Å². The van der Waals surface area contributed by atoms with Gasteiger partial charge in [0.1, 0.15) is 5.60 Å². The third kappa shape index (κ3) is 12.9. The van der Waals surface area contributed by atoms with Gasteiger partial charge in [0, 0.05) is 31.4 Å². The first kappa shape index (κ1) is 28.5. The van der Waals surface area contributed by atoms with Gasteiger partial charge in [0.25, 0.3) is 0 Å². The predicted molar refractivity (Wildman–Crippen MR) is 134 cm³/mol. The number of guanidine groups is 1. The number of aromatic nitrogens is 2. The molecule has 0 fully saturated rings. The van der Waals surface area contributed by atoms with Crippen LogP contribution in [0.2, 0.25) is 0 Å². The third-order valence-electron chi connectivity index (χ3n) is 4.29. The Bertz CT molecular complexity index is 627. The normalized spacial score (nSPS) is 12.7. The molecular formula is C21H41IN6O2. The van der Waals surface area contributed by atoms with Gasteiger partial charge in [-0.05, 0) is 59.4 Å². The molecule has 30 heavy (non-hydrogen) atoms. The lowest BCUT2D eigenvalue weighted by Crippen LogP contribution is -2.49. The number of ether oxygens (including phenoxy) is 1. The molecule has 1 aromatic heterocycles. The van der Waals surface area contributed by atoms with Crippen LogP contribution in [-0.4, -0.2) is 53.5 Å². The van der Waals surface area contributed by atoms with Crippen LogP contribution >= 0.6 is 24.0 Å². The highest BCUT2D eigenvalue weighted by atomic mass is 127. The van der Waals surface area contributed by atoms with Gasteiger partial charge in [0.15, 0.2) is 5.96 Å². The molecule has 1 heterocycles. The molecule has 0 saturated heterocycles. The van der Waals surface area contributed by atoms with Gasteiger partial charge in [-0.25, -0.2) is 4.79 Å². The predicted octanol–water partition coefficient (Wildman–Crippen LogP) is 3.91. The number of amides is 1. The fraction of sp³-hybridized carbons (Fsp3) is 0.762. The summed E-state index contributed by atoms with van der Waals surface area (Å²) in [6, 6.07) is 0.0939. The molecule has 4 N–H and O–H groups in total. The first-order chi connectivity index (χ1) is 13.7. The highest BCUT2D eigenvalue weighted by Gasteiger charge is 2.18. The van der Waals surface area contributed by atoms with Crippen molar-refractivity contribution in [3.05, 3.63) is 17.5 Å². The molecule has 1 aromatic rings. The number of aryl methyl sites for hydroxylation is 2. The average Bonchev–Trinajstić information content (AvgIpc) is 3.04. The quantitative estimate of drug-likeness (QED) is 0.149. The van der Waals surface area contributed by atoms with E-state index in [0.29, 0.717) is 6.54 Å². The SMILES string of the molecule is CCCCC(CNC(=O)OC(C)(C)C)NC(=NCCCc1cn[nH]c1C)NCC.I. The number of halogens is 1. The summed E-state index contributed by atoms with van der Waals surface area (Å²) >= 11 is 0. The van der Waals surface area contributed by atoms with E-state index in [0.717, 1.165) is 56.8 Å². The van der Waals surface area contributed by atoms with Gasteiger partial charge >= 0.3 is 6.09 Å². The third-order valence-corrected chi connectivity index (χ3v) is 4.29. The van der Waals surface area contributed by atoms with Gasteiger partial charge in [0.05, 0.1) is 6.20 Å². The monoisotopic (exact) mass is 536 g/mol. The van der Waals surface area contributed by atoms with Crippen LogP contribution in [0.5, 0.6) is 0 Å². The molecule has 0 radical (unpaired) electrons. The number of rotatable bonds is 11. The van der Waals surface area contributed by atoms with Crippen molar-refractivity contribution >= 4 is 36.0 Å². The van der Waals surface area contributed by atoms with Crippen molar-refractivity contribution in [2.24, 2.45) is 4.99 Å². The first-order valence-corrected chi connectivity index (χ1v) is 10.8. The number of aliphatic imine (C=N–C) groups is 1. The smallest absolute Gasteiger partial charge is 0.407 e. The second-order valence-electron chi connectivity index (χ2n) is 8.25. The van der Waals surface area contributed by atoms with Crippen LogP contribution in [0.1, 0.15) is 71.6 Å². The number of nitrogens with zero attached hydrogens (tertiary/aromatic N) is 2. The van der Waals surface area contributed by atoms with E-state index in [-0.39, 0.29) is 30.0 Å². The van der Waals surface area contributed by atoms with E-state index >= 15 is 0 Å². The molecule has 174 valence electrons. The fourth-order valence-electron chi connectivity index (χ4n) is 2.80. The summed E-state index contributed by atoms with van der Waals surface area (Å²) in [6.07, 6.45) is 6.52. The number of aromatic amines is 1. The van der Waals surface area contributed by atoms with Crippen molar-refractivity contribution in [3.63, 3.8) is 0 Å². The second-order valence-corrected chi connectivity index (χ2v) is 8.25. The molecule has 0 aromatic carbocycles. The molecule has 1 atom stereocenters. The van der Waals surface area contributed by atoms with E-state index in [9.17, 15) is 4.79 Å². The van der Waals surface area contributed by atoms with Crippen LogP contribution in [0.4, 0.5) is 4.79 Å². The lowest BCUT2D eigenvalue weighted by atomic mass is 10.1. The molecule has 1 unspecified atom stereocenters. The molecule has 9 heteroatoms. The first-order valence-electron chi connectivity index (χ1n) is 10.8. The van der Waals surface area contributed by atoms with Gasteiger partial charge in [-0.15, -0.1) is 24.0 Å². The molecule has 0 aliphatic rings. The number of carbonyl (C=O) groups is 1. The molecule has 0 aliphatic heterocycles. The van der Waals surface area contributed by atoms with Crippen molar-refractivity contribution in [2.75, 3.05) is 19.6 Å². The minimum Gasteiger partial charge on any atom is -0.444 e. The Morgan fingerprint density at radius 1 is 1.27 bits per heavy atom. The number of carbonyl (C=O) groups excluding carboxylic acids is 1. The Labute approximate surface area is 198 Å². The number of nitrogens with one attached hydrogen (secondary N) is 4. The summed E-state index contributed by atoms with van der Waals surface area (Å²) in [5.74, 6) is 0.781. The van der Waals surface area contributed by atoms with E-state index in [1.807, 2.05) is 40.8 Å². The molecule has 0 aliphatic carbocycles. The minimum atomic E-state index is -0.500. The van der Waals surface area contributed by atoms with Crippen molar-refractivity contribution in [2.45, 2.75) is 85.3 Å². The lowest BCUT2D eigenvalue weighted by molar-refractivity contribution is 0.0522. The number of alkyl carbamates (subject to hydrolysis) is 1. The van der Waals surface area contributed by atoms with Crippen LogP contribution in [0.25, 0.3) is 0 Å². The maximum absolute atomic E-state index is 12.0. The lowest BCUT2D eigenvalue weighted by Gasteiger charge is -2.24. The van der Waals surface area contributed by atoms with E-state index in [4.69, 9.17) is 9.73 Å². The zero-order valence-corrected chi connectivity index (χ0v) is 21.8. The molecule has 8 nitrogen and oxygen atoms in total. The Morgan fingerprint density at radius 3 is 2.57 bits per heavy atom. The minimum absolute atomic E-state index is 0. The largest absolute Gasteiger partial charge is 0.444 e. The average molecular weight is 537 g/mol. The van der Waals surface area contributed by atoms with Crippen molar-refractivity contribution in [1.29, 1.82) is 0 Å². The van der Waals surface area contributed by atoms with Crippen molar-refractivity contribution < 1.29 is 9.53 Å². The van der Waals surface area contributed by atoms with Crippen molar-refractivity contribution in [1.82, 2.24) is 26.1 Å². The van der Waals surface area contributed by atoms with Gasteiger partial charge < -0.3 is 20.7 Å². The van der Waals surface area contributed by atoms with Crippen LogP contribution in [0.3, 0.4) is 0 Å². The molecule has 0 bridgehead atoms.